The molecule has 1 heterocycles. The summed E-state index contributed by atoms with van der Waals surface area (Å²) in [6.07, 6.45) is 2.67. The number of nitrogens with zero attached hydrogens (tertiary/aromatic N) is 1. The van der Waals surface area contributed by atoms with Crippen molar-refractivity contribution in [2.24, 2.45) is 10.5 Å². The van der Waals surface area contributed by atoms with Crippen LogP contribution in [-0.4, -0.2) is 24.6 Å². The highest BCUT2D eigenvalue weighted by Crippen LogP contribution is 2.44. The van der Waals surface area contributed by atoms with E-state index in [4.69, 9.17) is 16.3 Å². The topological polar surface area (TPSA) is 67.8 Å². The standard InChI is InChI=1S/C20H21ClN2O3S/c1-4-26-19(25)17-13-9-20(2,3)10-15(24)16(13)18(27-17)23-22-11-12-7-5-6-8-14(12)21/h5-8,11,23H,4,9-10H2,1-3H3. The molecule has 0 saturated heterocycles. The maximum atomic E-state index is 12.7. The van der Waals surface area contributed by atoms with Crippen LogP contribution in [0.5, 0.6) is 0 Å². The molecule has 0 saturated carbocycles. The quantitative estimate of drug-likeness (QED) is 0.423. The first-order valence-corrected chi connectivity index (χ1v) is 9.91. The monoisotopic (exact) mass is 404 g/mol. The van der Waals surface area contributed by atoms with Gasteiger partial charge in [0.05, 0.1) is 18.4 Å². The Labute approximate surface area is 167 Å². The number of esters is 1. The Hall–Kier alpha value is -2.18. The van der Waals surface area contributed by atoms with Gasteiger partial charge in [0.1, 0.15) is 9.88 Å². The van der Waals surface area contributed by atoms with Gasteiger partial charge in [-0.15, -0.1) is 11.3 Å². The lowest BCUT2D eigenvalue weighted by Crippen LogP contribution is -2.27. The summed E-state index contributed by atoms with van der Waals surface area (Å²) in [6, 6.07) is 7.33. The number of benzene rings is 1. The molecule has 7 heteroatoms. The SMILES string of the molecule is CCOC(=O)c1sc(NN=Cc2ccccc2Cl)c2c1CC(C)(C)CC2=O. The van der Waals surface area contributed by atoms with Crippen LogP contribution in [0.25, 0.3) is 0 Å². The van der Waals surface area contributed by atoms with Gasteiger partial charge in [-0.2, -0.15) is 5.10 Å². The van der Waals surface area contributed by atoms with Crippen molar-refractivity contribution in [1.29, 1.82) is 0 Å². The van der Waals surface area contributed by atoms with Gasteiger partial charge < -0.3 is 4.74 Å². The number of ether oxygens (including phenoxy) is 1. The highest BCUT2D eigenvalue weighted by atomic mass is 35.5. The van der Waals surface area contributed by atoms with E-state index in [2.05, 4.69) is 10.5 Å². The van der Waals surface area contributed by atoms with Crippen LogP contribution in [0.3, 0.4) is 0 Å². The van der Waals surface area contributed by atoms with Gasteiger partial charge in [-0.05, 0) is 30.4 Å². The predicted molar refractivity (Wildman–Crippen MR) is 109 cm³/mol. The molecule has 0 amide bonds. The number of hydrogen-bond acceptors (Lipinski definition) is 6. The summed E-state index contributed by atoms with van der Waals surface area (Å²) in [5.74, 6) is -0.379. The van der Waals surface area contributed by atoms with E-state index in [0.717, 1.165) is 11.1 Å². The molecule has 1 N–H and O–H groups in total. The van der Waals surface area contributed by atoms with Gasteiger partial charge in [-0.1, -0.05) is 43.6 Å². The predicted octanol–water partition coefficient (Wildman–Crippen LogP) is 5.18. The molecule has 2 aromatic rings. The lowest BCUT2D eigenvalue weighted by molar-refractivity contribution is 0.0530. The Balaban J connectivity index is 1.95. The minimum Gasteiger partial charge on any atom is -0.462 e. The first kappa shape index (κ1) is 19.6. The third-order valence-electron chi connectivity index (χ3n) is 4.32. The molecule has 0 spiro atoms. The number of hydrogen-bond donors (Lipinski definition) is 1. The van der Waals surface area contributed by atoms with Crippen molar-refractivity contribution >= 4 is 45.9 Å². The molecule has 0 unspecified atom stereocenters. The number of thiophene rings is 1. The Morgan fingerprint density at radius 1 is 1.37 bits per heavy atom. The zero-order valence-electron chi connectivity index (χ0n) is 15.5. The summed E-state index contributed by atoms with van der Waals surface area (Å²) in [6.45, 7) is 6.11. The number of rotatable bonds is 5. The fourth-order valence-electron chi connectivity index (χ4n) is 3.17. The molecule has 27 heavy (non-hydrogen) atoms. The number of halogens is 1. The number of Topliss-reactive ketones (excluding diaryl/α,β-unsaturated/α-hetero) is 1. The van der Waals surface area contributed by atoms with Crippen LogP contribution in [0.2, 0.25) is 5.02 Å². The Morgan fingerprint density at radius 2 is 2.11 bits per heavy atom. The van der Waals surface area contributed by atoms with E-state index >= 15 is 0 Å². The van der Waals surface area contributed by atoms with Crippen LogP contribution >= 0.6 is 22.9 Å². The van der Waals surface area contributed by atoms with Gasteiger partial charge in [0.2, 0.25) is 0 Å². The fraction of sp³-hybridized carbons (Fsp3) is 0.350. The minimum absolute atomic E-state index is 0.0171. The molecule has 1 aliphatic rings. The van der Waals surface area contributed by atoms with Gasteiger partial charge in [-0.3, -0.25) is 10.2 Å². The third-order valence-corrected chi connectivity index (χ3v) is 5.78. The molecule has 0 aliphatic heterocycles. The summed E-state index contributed by atoms with van der Waals surface area (Å²) in [5, 5.41) is 5.37. The number of fused-ring (bicyclic) bond motifs is 1. The van der Waals surface area contributed by atoms with Crippen molar-refractivity contribution in [3.8, 4) is 0 Å². The zero-order chi connectivity index (χ0) is 19.6. The second-order valence-electron chi connectivity index (χ2n) is 7.17. The fourth-order valence-corrected chi connectivity index (χ4v) is 4.44. The van der Waals surface area contributed by atoms with E-state index in [1.54, 1.807) is 19.2 Å². The van der Waals surface area contributed by atoms with Crippen molar-refractivity contribution in [3.05, 3.63) is 50.9 Å². The Morgan fingerprint density at radius 3 is 2.81 bits per heavy atom. The lowest BCUT2D eigenvalue weighted by Gasteiger charge is -2.29. The van der Waals surface area contributed by atoms with Crippen molar-refractivity contribution < 1.29 is 14.3 Å². The first-order valence-electron chi connectivity index (χ1n) is 8.72. The molecule has 5 nitrogen and oxygen atoms in total. The largest absolute Gasteiger partial charge is 0.462 e. The Kier molecular flexibility index (Phi) is 5.67. The molecule has 1 aliphatic carbocycles. The van der Waals surface area contributed by atoms with Crippen LogP contribution in [0.1, 0.15) is 58.3 Å². The molecule has 0 radical (unpaired) electrons. The van der Waals surface area contributed by atoms with Crippen molar-refractivity contribution in [1.82, 2.24) is 0 Å². The molecule has 1 aromatic carbocycles. The molecular formula is C20H21ClN2O3S. The molecular weight excluding hydrogens is 384 g/mol. The van der Waals surface area contributed by atoms with Crippen LogP contribution in [0.4, 0.5) is 5.00 Å². The maximum absolute atomic E-state index is 12.7. The molecule has 3 rings (SSSR count). The van der Waals surface area contributed by atoms with Gasteiger partial charge in [0.15, 0.2) is 5.78 Å². The Bertz CT molecular complexity index is 918. The summed E-state index contributed by atoms with van der Waals surface area (Å²) in [4.78, 5) is 25.6. The van der Waals surface area contributed by atoms with Crippen molar-refractivity contribution in [2.75, 3.05) is 12.0 Å². The average molecular weight is 405 g/mol. The van der Waals surface area contributed by atoms with Gasteiger partial charge >= 0.3 is 5.97 Å². The van der Waals surface area contributed by atoms with Gasteiger partial charge in [0, 0.05) is 17.0 Å². The smallest absolute Gasteiger partial charge is 0.348 e. The molecule has 142 valence electrons. The average Bonchev–Trinajstić information content (AvgIpc) is 2.94. The minimum atomic E-state index is -0.396. The number of nitrogens with one attached hydrogen (secondary N) is 1. The second kappa shape index (κ2) is 7.82. The van der Waals surface area contributed by atoms with Gasteiger partial charge in [0.25, 0.3) is 0 Å². The van der Waals surface area contributed by atoms with E-state index in [0.29, 0.717) is 33.3 Å². The van der Waals surface area contributed by atoms with E-state index in [-0.39, 0.29) is 17.8 Å². The van der Waals surface area contributed by atoms with Crippen LogP contribution in [0.15, 0.2) is 29.4 Å². The maximum Gasteiger partial charge on any atom is 0.348 e. The van der Waals surface area contributed by atoms with Crippen LogP contribution < -0.4 is 5.43 Å². The molecule has 1 aromatic heterocycles. The zero-order valence-corrected chi connectivity index (χ0v) is 17.0. The third kappa shape index (κ3) is 4.22. The van der Waals surface area contributed by atoms with Crippen molar-refractivity contribution in [3.63, 3.8) is 0 Å². The van der Waals surface area contributed by atoms with Crippen molar-refractivity contribution in [2.45, 2.75) is 33.6 Å². The number of hydrazone groups is 1. The van der Waals surface area contributed by atoms with Gasteiger partial charge in [-0.25, -0.2) is 4.79 Å². The number of carbonyl (C=O) groups is 2. The van der Waals surface area contributed by atoms with E-state index < -0.39 is 5.97 Å². The summed E-state index contributed by atoms with van der Waals surface area (Å²) in [7, 11) is 0. The summed E-state index contributed by atoms with van der Waals surface area (Å²) >= 11 is 7.34. The number of carbonyl (C=O) groups excluding carboxylic acids is 2. The van der Waals surface area contributed by atoms with Crippen LogP contribution in [0, 0.1) is 5.41 Å². The molecule has 0 bridgehead atoms. The summed E-state index contributed by atoms with van der Waals surface area (Å²) < 4.78 is 5.18. The lowest BCUT2D eigenvalue weighted by atomic mass is 9.74. The highest BCUT2D eigenvalue weighted by Gasteiger charge is 2.37. The first-order chi connectivity index (χ1) is 12.8. The summed E-state index contributed by atoms with van der Waals surface area (Å²) in [5.41, 5.74) is 4.81. The number of anilines is 1. The highest BCUT2D eigenvalue weighted by molar-refractivity contribution is 7.18. The molecule has 0 atom stereocenters. The van der Waals surface area contributed by atoms with E-state index in [1.807, 2.05) is 32.0 Å². The van der Waals surface area contributed by atoms with Crippen LogP contribution in [-0.2, 0) is 11.2 Å². The van der Waals surface area contributed by atoms with E-state index in [9.17, 15) is 9.59 Å². The molecule has 0 fully saturated rings. The van der Waals surface area contributed by atoms with E-state index in [1.165, 1.54) is 11.3 Å². The number of ketones is 1. The second-order valence-corrected chi connectivity index (χ2v) is 8.59. The normalized spacial score (nSPS) is 15.6.